The van der Waals surface area contributed by atoms with E-state index in [1.165, 1.54) is 17.7 Å². The lowest BCUT2D eigenvalue weighted by Crippen LogP contribution is -2.46. The summed E-state index contributed by atoms with van der Waals surface area (Å²) in [6.45, 7) is 7.30. The number of piperidine rings is 1. The van der Waals surface area contributed by atoms with Gasteiger partial charge in [-0.15, -0.1) is 0 Å². The normalized spacial score (nSPS) is 25.9. The van der Waals surface area contributed by atoms with Crippen LogP contribution in [0.15, 0.2) is 10.9 Å². The Morgan fingerprint density at radius 2 is 2.06 bits per heavy atom. The molecule has 3 heteroatoms. The van der Waals surface area contributed by atoms with Gasteiger partial charge in [-0.3, -0.25) is 4.79 Å². The van der Waals surface area contributed by atoms with Gasteiger partial charge in [0, 0.05) is 30.3 Å². The van der Waals surface area contributed by atoms with Crippen molar-refractivity contribution in [3.63, 3.8) is 0 Å². The molecule has 0 aliphatic carbocycles. The second-order valence-corrected chi connectivity index (χ2v) is 5.66. The molecule has 2 atom stereocenters. The number of hydrogen-bond acceptors (Lipinski definition) is 2. The first kappa shape index (κ1) is 12.0. The molecule has 0 aromatic carbocycles. The van der Waals surface area contributed by atoms with Crippen molar-refractivity contribution in [3.05, 3.63) is 33.2 Å². The molecule has 0 spiro atoms. The molecular formula is C15H22N2O. The monoisotopic (exact) mass is 246 g/mol. The van der Waals surface area contributed by atoms with Crippen molar-refractivity contribution in [2.24, 2.45) is 5.92 Å². The van der Waals surface area contributed by atoms with Crippen LogP contribution in [0.1, 0.15) is 43.0 Å². The van der Waals surface area contributed by atoms with Gasteiger partial charge in [-0.2, -0.15) is 0 Å². The minimum Gasteiger partial charge on any atom is -0.316 e. The van der Waals surface area contributed by atoms with Gasteiger partial charge in [-0.1, -0.05) is 13.8 Å². The Balaban J connectivity index is 2.21. The standard InChI is InChI=1S/C15H22N2O/c1-3-11-6-12(4-2)15(18)17-9-10-5-13(14(11)17)8-16-7-10/h6,10,13,16H,3-5,7-9H2,1-2H3. The van der Waals surface area contributed by atoms with Crippen LogP contribution in [0.3, 0.4) is 0 Å². The highest BCUT2D eigenvalue weighted by atomic mass is 16.1. The fourth-order valence-corrected chi connectivity index (χ4v) is 3.64. The number of aromatic nitrogens is 1. The second-order valence-electron chi connectivity index (χ2n) is 5.66. The Kier molecular flexibility index (Phi) is 3.02. The average Bonchev–Trinajstić information content (AvgIpc) is 2.40. The van der Waals surface area contributed by atoms with E-state index >= 15 is 0 Å². The van der Waals surface area contributed by atoms with E-state index in [4.69, 9.17) is 0 Å². The lowest BCUT2D eigenvalue weighted by atomic mass is 9.81. The van der Waals surface area contributed by atoms with Gasteiger partial charge in [0.05, 0.1) is 0 Å². The second kappa shape index (κ2) is 4.54. The summed E-state index contributed by atoms with van der Waals surface area (Å²) in [5, 5.41) is 3.51. The summed E-state index contributed by atoms with van der Waals surface area (Å²) in [4.78, 5) is 12.5. The minimum absolute atomic E-state index is 0.265. The summed E-state index contributed by atoms with van der Waals surface area (Å²) in [5.41, 5.74) is 3.96. The number of aryl methyl sites for hydroxylation is 2. The number of hydrogen-bond donors (Lipinski definition) is 1. The average molecular weight is 246 g/mol. The minimum atomic E-state index is 0.265. The van der Waals surface area contributed by atoms with Crippen molar-refractivity contribution >= 4 is 0 Å². The third kappa shape index (κ3) is 1.72. The van der Waals surface area contributed by atoms with E-state index in [9.17, 15) is 4.79 Å². The molecular weight excluding hydrogens is 224 g/mol. The quantitative estimate of drug-likeness (QED) is 0.861. The summed E-state index contributed by atoms with van der Waals surface area (Å²) >= 11 is 0. The van der Waals surface area contributed by atoms with Crippen molar-refractivity contribution in [1.29, 1.82) is 0 Å². The molecule has 3 heterocycles. The van der Waals surface area contributed by atoms with Gasteiger partial charge >= 0.3 is 0 Å². The molecule has 0 radical (unpaired) electrons. The highest BCUT2D eigenvalue weighted by molar-refractivity contribution is 5.31. The van der Waals surface area contributed by atoms with Crippen LogP contribution >= 0.6 is 0 Å². The molecule has 2 aliphatic heterocycles. The highest BCUT2D eigenvalue weighted by Crippen LogP contribution is 2.34. The van der Waals surface area contributed by atoms with Crippen molar-refractivity contribution in [1.82, 2.24) is 9.88 Å². The van der Waals surface area contributed by atoms with Crippen molar-refractivity contribution in [3.8, 4) is 0 Å². The summed E-state index contributed by atoms with van der Waals surface area (Å²) in [7, 11) is 0. The lowest BCUT2D eigenvalue weighted by Gasteiger charge is -2.39. The zero-order valence-corrected chi connectivity index (χ0v) is 11.3. The van der Waals surface area contributed by atoms with E-state index in [2.05, 4.69) is 29.8 Å². The maximum atomic E-state index is 12.5. The predicted octanol–water partition coefficient (Wildman–Crippen LogP) is 1.68. The van der Waals surface area contributed by atoms with E-state index in [1.54, 1.807) is 0 Å². The van der Waals surface area contributed by atoms with Gasteiger partial charge in [0.25, 0.3) is 5.56 Å². The van der Waals surface area contributed by atoms with E-state index in [1.807, 2.05) is 0 Å². The molecule has 1 fully saturated rings. The zero-order valence-electron chi connectivity index (χ0n) is 11.3. The van der Waals surface area contributed by atoms with E-state index in [0.29, 0.717) is 11.8 Å². The molecule has 3 nitrogen and oxygen atoms in total. The first-order valence-corrected chi connectivity index (χ1v) is 7.20. The number of nitrogens with zero attached hydrogens (tertiary/aromatic N) is 1. The van der Waals surface area contributed by atoms with Crippen LogP contribution in [0.4, 0.5) is 0 Å². The molecule has 1 aromatic rings. The fraction of sp³-hybridized carbons (Fsp3) is 0.667. The third-order valence-electron chi connectivity index (χ3n) is 4.52. The molecule has 1 aromatic heterocycles. The van der Waals surface area contributed by atoms with Gasteiger partial charge in [0.2, 0.25) is 0 Å². The smallest absolute Gasteiger partial charge is 0.253 e. The van der Waals surface area contributed by atoms with Crippen LogP contribution in [0.5, 0.6) is 0 Å². The van der Waals surface area contributed by atoms with Crippen LogP contribution in [0.25, 0.3) is 0 Å². The largest absolute Gasteiger partial charge is 0.316 e. The summed E-state index contributed by atoms with van der Waals surface area (Å²) in [6.07, 6.45) is 3.13. The number of pyridine rings is 1. The van der Waals surface area contributed by atoms with Gasteiger partial charge < -0.3 is 9.88 Å². The molecule has 2 aliphatic rings. The van der Waals surface area contributed by atoms with Gasteiger partial charge in [0.15, 0.2) is 0 Å². The number of fused-ring (bicyclic) bond motifs is 4. The first-order chi connectivity index (χ1) is 8.74. The van der Waals surface area contributed by atoms with Gasteiger partial charge in [0.1, 0.15) is 0 Å². The maximum Gasteiger partial charge on any atom is 0.253 e. The van der Waals surface area contributed by atoms with Crippen molar-refractivity contribution in [2.45, 2.75) is 45.6 Å². The Hall–Kier alpha value is -1.09. The molecule has 2 unspecified atom stereocenters. The Labute approximate surface area is 108 Å². The SMILES string of the molecule is CCc1cc(CC)c(=O)n2c1C1CNCC(C1)C2. The van der Waals surface area contributed by atoms with Crippen molar-refractivity contribution in [2.75, 3.05) is 13.1 Å². The fourth-order valence-electron chi connectivity index (χ4n) is 3.64. The molecule has 0 amide bonds. The van der Waals surface area contributed by atoms with Crippen LogP contribution < -0.4 is 10.9 Å². The number of rotatable bonds is 2. The highest BCUT2D eigenvalue weighted by Gasteiger charge is 2.32. The van der Waals surface area contributed by atoms with Crippen LogP contribution in [0, 0.1) is 5.92 Å². The Bertz CT molecular complexity index is 518. The first-order valence-electron chi connectivity index (χ1n) is 7.20. The van der Waals surface area contributed by atoms with Gasteiger partial charge in [-0.25, -0.2) is 0 Å². The Morgan fingerprint density at radius 1 is 1.28 bits per heavy atom. The van der Waals surface area contributed by atoms with E-state index in [0.717, 1.165) is 38.0 Å². The summed E-state index contributed by atoms with van der Waals surface area (Å²) in [5.74, 6) is 1.19. The maximum absolute atomic E-state index is 12.5. The van der Waals surface area contributed by atoms with Crippen LogP contribution in [-0.2, 0) is 19.4 Å². The van der Waals surface area contributed by atoms with E-state index in [-0.39, 0.29) is 5.56 Å². The molecule has 1 N–H and O–H groups in total. The van der Waals surface area contributed by atoms with Crippen molar-refractivity contribution < 1.29 is 0 Å². The molecule has 2 bridgehead atoms. The summed E-state index contributed by atoms with van der Waals surface area (Å²) < 4.78 is 2.09. The van der Waals surface area contributed by atoms with Gasteiger partial charge in [-0.05, 0) is 43.4 Å². The van der Waals surface area contributed by atoms with E-state index < -0.39 is 0 Å². The molecule has 3 rings (SSSR count). The predicted molar refractivity (Wildman–Crippen MR) is 73.2 cm³/mol. The summed E-state index contributed by atoms with van der Waals surface area (Å²) in [6, 6.07) is 2.16. The Morgan fingerprint density at radius 3 is 2.78 bits per heavy atom. The molecule has 1 saturated heterocycles. The zero-order chi connectivity index (χ0) is 12.7. The third-order valence-corrected chi connectivity index (χ3v) is 4.52. The molecule has 0 saturated carbocycles. The molecule has 98 valence electrons. The number of nitrogens with one attached hydrogen (secondary N) is 1. The lowest BCUT2D eigenvalue weighted by molar-refractivity contribution is 0.255. The van der Waals surface area contributed by atoms with Crippen LogP contribution in [0.2, 0.25) is 0 Å². The van der Waals surface area contributed by atoms with Crippen LogP contribution in [-0.4, -0.2) is 17.7 Å². The topological polar surface area (TPSA) is 34.0 Å². The molecule has 18 heavy (non-hydrogen) atoms.